The van der Waals surface area contributed by atoms with Crippen LogP contribution >= 0.6 is 58.6 Å². The maximum absolute atomic E-state index is 12.6. The van der Waals surface area contributed by atoms with Crippen LogP contribution in [0.2, 0.25) is 0 Å². The smallest absolute Gasteiger partial charge is 0.306 e. The number of hydrogen-bond acceptors (Lipinski definition) is 14. The zero-order chi connectivity index (χ0) is 54.5. The number of carbonyl (C=O) groups is 4. The molecule has 0 saturated heterocycles. The van der Waals surface area contributed by atoms with Crippen LogP contribution in [0.4, 0.5) is 0 Å². The van der Waals surface area contributed by atoms with Gasteiger partial charge in [-0.25, -0.2) is 0 Å². The van der Waals surface area contributed by atoms with Crippen molar-refractivity contribution in [1.29, 1.82) is 0 Å². The summed E-state index contributed by atoms with van der Waals surface area (Å²) in [5.41, 5.74) is 1.90. The Balaban J connectivity index is 2.03. The van der Waals surface area contributed by atoms with E-state index in [1.807, 2.05) is 24.3 Å². The van der Waals surface area contributed by atoms with Crippen molar-refractivity contribution in [2.45, 2.75) is 227 Å². The van der Waals surface area contributed by atoms with Crippen LogP contribution in [0.3, 0.4) is 0 Å². The lowest BCUT2D eigenvalue weighted by Crippen LogP contribution is -2.18. The third kappa shape index (κ3) is 36.9. The van der Waals surface area contributed by atoms with Crippen LogP contribution in [0.25, 0.3) is 0 Å². The Morgan fingerprint density at radius 1 is 0.360 bits per heavy atom. The molecule has 428 valence electrons. The number of unbranched alkanes of at least 4 members (excludes halogenated alkanes) is 20. The van der Waals surface area contributed by atoms with Gasteiger partial charge in [0.2, 0.25) is 13.1 Å². The molecule has 0 N–H and O–H groups in total. The summed E-state index contributed by atoms with van der Waals surface area (Å²) in [4.78, 5) is 50.4. The molecular formula is C59H98O10P2S4. The van der Waals surface area contributed by atoms with Crippen molar-refractivity contribution < 1.29 is 47.2 Å². The second-order valence-electron chi connectivity index (χ2n) is 19.6. The molecule has 0 spiro atoms. The Morgan fingerprint density at radius 2 is 0.587 bits per heavy atom. The van der Waals surface area contributed by atoms with Gasteiger partial charge >= 0.3 is 23.9 Å². The second kappa shape index (κ2) is 47.0. The Kier molecular flexibility index (Phi) is 43.4. The van der Waals surface area contributed by atoms with E-state index in [0.717, 1.165) is 74.0 Å². The van der Waals surface area contributed by atoms with Gasteiger partial charge in [-0.2, -0.15) is 0 Å². The number of esters is 4. The van der Waals surface area contributed by atoms with Crippen LogP contribution in [0, 0.1) is 0 Å². The molecule has 0 unspecified atom stereocenters. The Morgan fingerprint density at radius 3 is 0.827 bits per heavy atom. The summed E-state index contributed by atoms with van der Waals surface area (Å²) >= 11 is 6.45. The molecule has 2 rings (SSSR count). The van der Waals surface area contributed by atoms with Gasteiger partial charge in [-0.3, -0.25) is 19.2 Å². The molecule has 0 radical (unpaired) electrons. The first kappa shape index (κ1) is 69.3. The molecule has 0 fully saturated rings. The topological polar surface area (TPSA) is 124 Å². The molecule has 0 atom stereocenters. The zero-order valence-electron chi connectivity index (χ0n) is 47.2. The van der Waals surface area contributed by atoms with E-state index in [-0.39, 0.29) is 29.3 Å². The molecular weight excluding hydrogens is 1060 g/mol. The lowest BCUT2D eigenvalue weighted by atomic mass is 9.78. The standard InChI is InChI=1S/C59H98O10P2S4/c1-7-11-15-19-23-27-43-64-55(60)39-47-72-70(73-48-40-56(61)65-44-28-24-20-16-12-8-2)68-53-35-31-51(32-36-53)59(5,6)52-33-37-54(38-34-52)69-71(74-49-41-57(62)66-45-29-25-21-17-13-9-3)75-50-42-58(63)67-46-30-26-22-18-14-10-4/h31-38H,7-30,39-50H2,1-6H3. The van der Waals surface area contributed by atoms with Crippen LogP contribution in [0.15, 0.2) is 48.5 Å². The van der Waals surface area contributed by atoms with Crippen molar-refractivity contribution in [3.8, 4) is 11.5 Å². The lowest BCUT2D eigenvalue weighted by Gasteiger charge is -2.27. The quantitative estimate of drug-likeness (QED) is 0.0270. The normalized spacial score (nSPS) is 11.5. The average molecular weight is 1160 g/mol. The largest absolute Gasteiger partial charge is 0.466 e. The van der Waals surface area contributed by atoms with E-state index in [0.29, 0.717) is 75.1 Å². The van der Waals surface area contributed by atoms with Gasteiger partial charge in [0, 0.05) is 28.4 Å². The minimum Gasteiger partial charge on any atom is -0.466 e. The zero-order valence-corrected chi connectivity index (χ0v) is 52.2. The van der Waals surface area contributed by atoms with E-state index < -0.39 is 13.1 Å². The molecule has 0 saturated carbocycles. The third-order valence-corrected chi connectivity index (χ3v) is 25.1. The van der Waals surface area contributed by atoms with Gasteiger partial charge in [-0.05, 0) is 61.1 Å². The first-order valence-corrected chi connectivity index (χ1v) is 37.7. The van der Waals surface area contributed by atoms with Gasteiger partial charge in [0.05, 0.1) is 52.1 Å². The van der Waals surface area contributed by atoms with Crippen LogP contribution < -0.4 is 9.05 Å². The van der Waals surface area contributed by atoms with Gasteiger partial charge in [0.1, 0.15) is 11.5 Å². The highest BCUT2D eigenvalue weighted by molar-refractivity contribution is 8.87. The van der Waals surface area contributed by atoms with E-state index in [9.17, 15) is 19.2 Å². The van der Waals surface area contributed by atoms with Crippen molar-refractivity contribution in [2.75, 3.05) is 49.4 Å². The fourth-order valence-electron chi connectivity index (χ4n) is 7.76. The highest BCUT2D eigenvalue weighted by Gasteiger charge is 2.25. The summed E-state index contributed by atoms with van der Waals surface area (Å²) in [6.45, 7) is 12.9. The number of hydrogen-bond donors (Lipinski definition) is 0. The number of carbonyl (C=O) groups excluding carboxylic acids is 4. The molecule has 0 aliphatic heterocycles. The van der Waals surface area contributed by atoms with E-state index in [1.54, 1.807) is 45.5 Å². The number of benzene rings is 2. The van der Waals surface area contributed by atoms with Crippen molar-refractivity contribution in [2.24, 2.45) is 0 Å². The predicted octanol–water partition coefficient (Wildman–Crippen LogP) is 19.3. The van der Waals surface area contributed by atoms with E-state index >= 15 is 0 Å². The second-order valence-corrected chi connectivity index (χ2v) is 32.0. The first-order valence-electron chi connectivity index (χ1n) is 28.8. The van der Waals surface area contributed by atoms with Crippen molar-refractivity contribution in [1.82, 2.24) is 0 Å². The summed E-state index contributed by atoms with van der Waals surface area (Å²) in [7, 11) is 0. The Bertz CT molecular complexity index is 1540. The summed E-state index contributed by atoms with van der Waals surface area (Å²) in [5.74, 6) is 3.04. The molecule has 0 heterocycles. The molecule has 10 nitrogen and oxygen atoms in total. The van der Waals surface area contributed by atoms with Crippen molar-refractivity contribution in [3.05, 3.63) is 59.7 Å². The Hall–Kier alpha value is -1.82. The maximum Gasteiger partial charge on any atom is 0.306 e. The van der Waals surface area contributed by atoms with Crippen LogP contribution in [0.1, 0.15) is 232 Å². The van der Waals surface area contributed by atoms with Crippen LogP contribution in [-0.4, -0.2) is 73.3 Å². The molecule has 75 heavy (non-hydrogen) atoms. The number of ether oxygens (including phenoxy) is 4. The fraction of sp³-hybridized carbons (Fsp3) is 0.729. The maximum atomic E-state index is 12.6. The minimum atomic E-state index is -1.11. The minimum absolute atomic E-state index is 0.181. The highest BCUT2D eigenvalue weighted by atomic mass is 33.1. The van der Waals surface area contributed by atoms with Crippen molar-refractivity contribution in [3.63, 3.8) is 0 Å². The van der Waals surface area contributed by atoms with Crippen molar-refractivity contribution >= 4 is 82.5 Å². The molecule has 0 amide bonds. The molecule has 16 heteroatoms. The average Bonchev–Trinajstić information content (AvgIpc) is 3.40. The van der Waals surface area contributed by atoms with Crippen LogP contribution in [0.5, 0.6) is 11.5 Å². The summed E-state index contributed by atoms with van der Waals surface area (Å²) in [5, 5.41) is 0. The fourth-order valence-corrected chi connectivity index (χ4v) is 19.4. The summed E-state index contributed by atoms with van der Waals surface area (Å²) in [6, 6.07) is 16.4. The first-order chi connectivity index (χ1) is 36.5. The van der Waals surface area contributed by atoms with Gasteiger partial charge in [0.15, 0.2) is 0 Å². The van der Waals surface area contributed by atoms with E-state index in [1.165, 1.54) is 103 Å². The molecule has 0 aliphatic carbocycles. The van der Waals surface area contributed by atoms with E-state index in [4.69, 9.17) is 28.0 Å². The summed E-state index contributed by atoms with van der Waals surface area (Å²) in [6.07, 6.45) is 28.7. The SMILES string of the molecule is CCCCCCCCOC(=O)CCSP(Oc1ccc(C(C)(C)c2ccc(OP(SCCC(=O)OCCCCCCCC)SCCC(=O)OCCCCCCCC)cc2)cc1)SCCC(=O)OCCCCCCCC. The van der Waals surface area contributed by atoms with Gasteiger partial charge in [-0.1, -0.05) is 240 Å². The van der Waals surface area contributed by atoms with Gasteiger partial charge in [0.25, 0.3) is 0 Å². The lowest BCUT2D eigenvalue weighted by molar-refractivity contribution is -0.144. The Labute approximate surface area is 474 Å². The predicted molar refractivity (Wildman–Crippen MR) is 326 cm³/mol. The molecule has 2 aromatic rings. The molecule has 0 bridgehead atoms. The molecule has 0 aromatic heterocycles. The molecule has 0 aliphatic rings. The monoisotopic (exact) mass is 1160 g/mol. The van der Waals surface area contributed by atoms with Gasteiger partial charge < -0.3 is 28.0 Å². The summed E-state index contributed by atoms with van der Waals surface area (Å²) < 4.78 is 35.3. The van der Waals surface area contributed by atoms with Gasteiger partial charge in [-0.15, -0.1) is 0 Å². The van der Waals surface area contributed by atoms with Crippen LogP contribution in [-0.2, 0) is 43.5 Å². The highest BCUT2D eigenvalue weighted by Crippen LogP contribution is 2.62. The molecule has 2 aromatic carbocycles. The third-order valence-electron chi connectivity index (χ3n) is 12.6. The number of rotatable bonds is 50. The van der Waals surface area contributed by atoms with E-state index in [2.05, 4.69) is 65.8 Å².